The van der Waals surface area contributed by atoms with E-state index in [-0.39, 0.29) is 11.9 Å². The molecule has 1 aliphatic carbocycles. The van der Waals surface area contributed by atoms with E-state index in [0.29, 0.717) is 50.1 Å². The molecule has 1 heterocycles. The van der Waals surface area contributed by atoms with Gasteiger partial charge in [-0.1, -0.05) is 30.3 Å². The van der Waals surface area contributed by atoms with Crippen LogP contribution in [0.5, 0.6) is 0 Å². The molecule has 0 radical (unpaired) electrons. The number of hydrogen-bond donors (Lipinski definition) is 4. The molecule has 0 aliphatic heterocycles. The zero-order valence-corrected chi connectivity index (χ0v) is 25.4. The maximum Gasteiger partial charge on any atom is 0.407 e. The Hall–Kier alpha value is -3.53. The number of benzene rings is 2. The Kier molecular flexibility index (Phi) is 10.9. The van der Waals surface area contributed by atoms with E-state index in [1.54, 1.807) is 0 Å². The fraction of sp³-hybridized carbons (Fsp3) is 0.438. The molecular formula is C32H41ClN4O5. The van der Waals surface area contributed by atoms with Gasteiger partial charge in [0.25, 0.3) is 5.91 Å². The number of carbonyl (C=O) groups is 2. The molecule has 1 aromatic heterocycles. The predicted octanol–water partition coefficient (Wildman–Crippen LogP) is 5.75. The highest BCUT2D eigenvalue weighted by Crippen LogP contribution is 2.36. The molecule has 1 atom stereocenters. The molecule has 0 saturated carbocycles. The molecule has 2 aromatic carbocycles. The van der Waals surface area contributed by atoms with Crippen molar-refractivity contribution in [2.45, 2.75) is 51.7 Å². The van der Waals surface area contributed by atoms with Gasteiger partial charge in [0.2, 0.25) is 0 Å². The average Bonchev–Trinajstić information content (AvgIpc) is 3.32. The number of nitrogens with one attached hydrogen (secondary N) is 4. The maximum absolute atomic E-state index is 13.1. The largest absolute Gasteiger partial charge is 0.444 e. The van der Waals surface area contributed by atoms with Crippen LogP contribution in [0.15, 0.2) is 49.0 Å². The Labute approximate surface area is 252 Å². The maximum atomic E-state index is 13.1. The molecule has 0 bridgehead atoms. The molecule has 0 fully saturated rings. The van der Waals surface area contributed by atoms with Crippen molar-refractivity contribution in [3.63, 3.8) is 0 Å². The van der Waals surface area contributed by atoms with Gasteiger partial charge in [-0.25, -0.2) is 4.79 Å². The van der Waals surface area contributed by atoms with Crippen LogP contribution < -0.4 is 16.0 Å². The van der Waals surface area contributed by atoms with Gasteiger partial charge in [-0.05, 0) is 81.5 Å². The van der Waals surface area contributed by atoms with Crippen LogP contribution in [-0.2, 0) is 20.6 Å². The summed E-state index contributed by atoms with van der Waals surface area (Å²) in [5.74, 6) is -0.106. The van der Waals surface area contributed by atoms with Gasteiger partial charge < -0.3 is 35.1 Å². The van der Waals surface area contributed by atoms with Gasteiger partial charge in [0.05, 0.1) is 32.5 Å². The smallest absolute Gasteiger partial charge is 0.407 e. The van der Waals surface area contributed by atoms with Gasteiger partial charge in [0.15, 0.2) is 0 Å². The van der Waals surface area contributed by atoms with Crippen LogP contribution in [0.25, 0.3) is 16.6 Å². The minimum absolute atomic E-state index is 0.0666. The summed E-state index contributed by atoms with van der Waals surface area (Å²) in [7, 11) is 0. The first kappa shape index (κ1) is 31.4. The van der Waals surface area contributed by atoms with Crippen LogP contribution in [0.2, 0.25) is 5.02 Å². The molecule has 0 spiro atoms. The minimum atomic E-state index is -0.520. The summed E-state index contributed by atoms with van der Waals surface area (Å²) in [4.78, 5) is 28.1. The second kappa shape index (κ2) is 14.6. The lowest BCUT2D eigenvalue weighted by molar-refractivity contribution is 0.0407. The summed E-state index contributed by atoms with van der Waals surface area (Å²) in [5.41, 5.74) is 5.10. The number of fused-ring (bicyclic) bond motifs is 3. The summed E-state index contributed by atoms with van der Waals surface area (Å²) < 4.78 is 16.2. The highest BCUT2D eigenvalue weighted by molar-refractivity contribution is 6.31. The van der Waals surface area contributed by atoms with Crippen molar-refractivity contribution in [1.82, 2.24) is 20.9 Å². The fourth-order valence-electron chi connectivity index (χ4n) is 4.88. The summed E-state index contributed by atoms with van der Waals surface area (Å²) in [6.07, 6.45) is 2.41. The van der Waals surface area contributed by atoms with Gasteiger partial charge in [-0.2, -0.15) is 0 Å². The molecule has 4 rings (SSSR count). The van der Waals surface area contributed by atoms with Crippen LogP contribution in [0.3, 0.4) is 0 Å². The van der Waals surface area contributed by atoms with Gasteiger partial charge in [0.1, 0.15) is 5.60 Å². The number of amides is 2. The second-order valence-electron chi connectivity index (χ2n) is 11.3. The number of ether oxygens (including phenoxy) is 3. The molecule has 4 N–H and O–H groups in total. The monoisotopic (exact) mass is 596 g/mol. The van der Waals surface area contributed by atoms with Crippen LogP contribution in [0.1, 0.15) is 66.8 Å². The molecule has 3 aromatic rings. The van der Waals surface area contributed by atoms with Crippen molar-refractivity contribution in [1.29, 1.82) is 0 Å². The van der Waals surface area contributed by atoms with Crippen molar-refractivity contribution in [2.75, 3.05) is 39.5 Å². The first-order valence-corrected chi connectivity index (χ1v) is 14.7. The van der Waals surface area contributed by atoms with Crippen LogP contribution in [0.4, 0.5) is 4.79 Å². The van der Waals surface area contributed by atoms with Crippen molar-refractivity contribution in [3.05, 3.63) is 76.5 Å². The van der Waals surface area contributed by atoms with E-state index in [1.165, 1.54) is 5.56 Å². The number of aromatic amines is 1. The number of aryl methyl sites for hydroxylation is 1. The molecule has 10 heteroatoms. The standard InChI is InChI=1S/C32H41ClN4O5/c1-21(34-14-16-40-18-19-41-17-15-35-31(39)42-32(2,3)4)22-8-10-23(11-9-22)30(38)37-28-7-5-6-25-26-20-24(33)12-13-27(26)36-29(25)28/h8-13,20,28,34,36H,1,5-7,14-19H2,2-4H3,(H,35,39)(H,37,38). The number of rotatable bonds is 13. The number of alkyl carbamates (subject to hydrolysis) is 1. The number of carbonyl (C=O) groups excluding carboxylic acids is 2. The van der Waals surface area contributed by atoms with E-state index in [1.807, 2.05) is 63.2 Å². The minimum Gasteiger partial charge on any atom is -0.444 e. The third-order valence-electron chi connectivity index (χ3n) is 6.84. The first-order valence-electron chi connectivity index (χ1n) is 14.4. The zero-order valence-electron chi connectivity index (χ0n) is 24.6. The number of aromatic nitrogens is 1. The van der Waals surface area contributed by atoms with Crippen molar-refractivity contribution < 1.29 is 23.8 Å². The molecule has 42 heavy (non-hydrogen) atoms. The lowest BCUT2D eigenvalue weighted by atomic mass is 9.91. The van der Waals surface area contributed by atoms with Crippen LogP contribution >= 0.6 is 11.6 Å². The third-order valence-corrected chi connectivity index (χ3v) is 7.08. The van der Waals surface area contributed by atoms with E-state index in [0.717, 1.165) is 47.1 Å². The lowest BCUT2D eigenvalue weighted by Crippen LogP contribution is -2.34. The Balaban J connectivity index is 1.13. The van der Waals surface area contributed by atoms with Crippen LogP contribution in [0, 0.1) is 0 Å². The quantitative estimate of drug-likeness (QED) is 0.187. The van der Waals surface area contributed by atoms with Gasteiger partial charge in [0, 0.05) is 46.0 Å². The average molecular weight is 597 g/mol. The first-order chi connectivity index (χ1) is 20.1. The Morgan fingerprint density at radius 1 is 0.976 bits per heavy atom. The van der Waals surface area contributed by atoms with Gasteiger partial charge in [-0.3, -0.25) is 4.79 Å². The van der Waals surface area contributed by atoms with Crippen LogP contribution in [-0.4, -0.2) is 62.1 Å². The highest BCUT2D eigenvalue weighted by Gasteiger charge is 2.26. The molecule has 0 saturated heterocycles. The van der Waals surface area contributed by atoms with E-state index in [2.05, 4.69) is 27.5 Å². The Bertz CT molecular complexity index is 1380. The third kappa shape index (κ3) is 8.98. The van der Waals surface area contributed by atoms with E-state index >= 15 is 0 Å². The zero-order chi connectivity index (χ0) is 30.1. The Morgan fingerprint density at radius 3 is 2.33 bits per heavy atom. The Morgan fingerprint density at radius 2 is 1.64 bits per heavy atom. The number of hydrogen-bond acceptors (Lipinski definition) is 6. The lowest BCUT2D eigenvalue weighted by Gasteiger charge is -2.24. The summed E-state index contributed by atoms with van der Waals surface area (Å²) >= 11 is 6.22. The van der Waals surface area contributed by atoms with E-state index in [9.17, 15) is 9.59 Å². The fourth-order valence-corrected chi connectivity index (χ4v) is 5.05. The predicted molar refractivity (Wildman–Crippen MR) is 166 cm³/mol. The van der Waals surface area contributed by atoms with E-state index in [4.69, 9.17) is 25.8 Å². The van der Waals surface area contributed by atoms with Crippen molar-refractivity contribution >= 4 is 40.2 Å². The molecule has 1 aliphatic rings. The summed E-state index contributed by atoms with van der Waals surface area (Å²) in [5, 5.41) is 10.9. The second-order valence-corrected chi connectivity index (χ2v) is 11.7. The SMILES string of the molecule is C=C(NCCOCCOCCNC(=O)OC(C)(C)C)c1ccc(C(=O)NC2CCCc3c2[nH]c2ccc(Cl)cc32)cc1. The van der Waals surface area contributed by atoms with Crippen molar-refractivity contribution in [3.8, 4) is 0 Å². The van der Waals surface area contributed by atoms with Gasteiger partial charge >= 0.3 is 6.09 Å². The molecule has 226 valence electrons. The van der Waals surface area contributed by atoms with E-state index < -0.39 is 11.7 Å². The molecular weight excluding hydrogens is 556 g/mol. The number of halogens is 1. The van der Waals surface area contributed by atoms with Gasteiger partial charge in [-0.15, -0.1) is 0 Å². The molecule has 2 amide bonds. The molecule has 9 nitrogen and oxygen atoms in total. The summed E-state index contributed by atoms with van der Waals surface area (Å²) in [6.45, 7) is 12.2. The normalized spacial score (nSPS) is 14.7. The topological polar surface area (TPSA) is 114 Å². The summed E-state index contributed by atoms with van der Waals surface area (Å²) in [6, 6.07) is 13.2. The molecule has 1 unspecified atom stereocenters. The van der Waals surface area contributed by atoms with Crippen molar-refractivity contribution in [2.24, 2.45) is 0 Å². The highest BCUT2D eigenvalue weighted by atomic mass is 35.5. The number of H-pyrrole nitrogens is 1.